The van der Waals surface area contributed by atoms with Crippen molar-refractivity contribution in [3.05, 3.63) is 0 Å². The van der Waals surface area contributed by atoms with Crippen LogP contribution in [0.4, 0.5) is 4.79 Å². The fraction of sp³-hybridized carbons (Fsp3) is 0. The Hall–Kier alpha value is 0.642. The van der Waals surface area contributed by atoms with Crippen molar-refractivity contribution in [3.63, 3.8) is 0 Å². The summed E-state index contributed by atoms with van der Waals surface area (Å²) in [5.74, 6) is 0. The predicted molar refractivity (Wildman–Crippen MR) is 42.2 cm³/mol. The van der Waals surface area contributed by atoms with E-state index in [1.165, 1.54) is 0 Å². The van der Waals surface area contributed by atoms with Crippen LogP contribution in [0, 0.1) is 0 Å². The Labute approximate surface area is 89.0 Å². The van der Waals surface area contributed by atoms with Crippen LogP contribution in [0.5, 0.6) is 0 Å². The van der Waals surface area contributed by atoms with E-state index in [1.54, 1.807) is 0 Å². The molecule has 0 aliphatic carbocycles. The van der Waals surface area contributed by atoms with E-state index < -0.39 is 6.16 Å². The van der Waals surface area contributed by atoms with Gasteiger partial charge in [-0.1, -0.05) is 0 Å². The molecule has 10 N–H and O–H groups in total. The molecule has 10 heavy (non-hydrogen) atoms. The van der Waals surface area contributed by atoms with Crippen molar-refractivity contribution in [1.82, 2.24) is 0 Å². The van der Waals surface area contributed by atoms with Gasteiger partial charge in [0.25, 0.3) is 0 Å². The Bertz CT molecular complexity index is 34.6. The van der Waals surface area contributed by atoms with E-state index >= 15 is 0 Å². The normalized spacial score (nSPS) is 2.40. The summed E-state index contributed by atoms with van der Waals surface area (Å²) in [4.78, 5) is 8.56. The average molecular weight is 187 g/mol. The molecule has 0 amide bonds. The summed E-state index contributed by atoms with van der Waals surface area (Å²) < 4.78 is 0. The van der Waals surface area contributed by atoms with Crippen molar-refractivity contribution >= 4 is 52.3 Å². The van der Waals surface area contributed by atoms with Crippen LogP contribution in [-0.4, -0.2) is 84.4 Å². The third-order valence-corrected chi connectivity index (χ3v) is 0. The summed E-state index contributed by atoms with van der Waals surface area (Å²) in [6.45, 7) is 0. The number of carboxylic acid groups (broad SMARTS) is 2. The maximum Gasteiger partial charge on any atom is 0.503 e. The highest BCUT2D eigenvalue weighted by Crippen LogP contribution is 1.42. The molecule has 0 heterocycles. The molecule has 0 aliphatic heterocycles. The zero-order valence-corrected chi connectivity index (χ0v) is 3.80. The van der Waals surface area contributed by atoms with Crippen LogP contribution in [0.3, 0.4) is 0 Å². The zero-order valence-electron chi connectivity index (χ0n) is 3.80. The highest BCUT2D eigenvalue weighted by Gasteiger charge is 1.70. The Morgan fingerprint density at radius 2 is 0.800 bits per heavy atom. The third kappa shape index (κ3) is 1220. The standard InChI is InChI=1S/CH2O3.2Mg.4H2O.4H/c2-1(3)4;;;;;;;;;;/h(H2,2,3,4);;;4*1H2;;;;. The summed E-state index contributed by atoms with van der Waals surface area (Å²) in [6.07, 6.45) is -1.83. The van der Waals surface area contributed by atoms with Crippen molar-refractivity contribution in [3.8, 4) is 0 Å². The lowest BCUT2D eigenvalue weighted by Gasteiger charge is -1.60. The molecule has 0 aliphatic rings. The second-order valence-electron chi connectivity index (χ2n) is 0.283. The van der Waals surface area contributed by atoms with Crippen LogP contribution in [0.2, 0.25) is 0 Å². The third-order valence-electron chi connectivity index (χ3n) is 0. The van der Waals surface area contributed by atoms with Crippen LogP contribution in [0.1, 0.15) is 0 Å². The van der Waals surface area contributed by atoms with E-state index in [9.17, 15) is 0 Å². The first-order chi connectivity index (χ1) is 1.73. The molecule has 0 radical (unpaired) electrons. The Morgan fingerprint density at radius 1 is 0.800 bits per heavy atom. The molecule has 0 saturated carbocycles. The Kier molecular flexibility index (Phi) is 405. The molecule has 0 rings (SSSR count). The number of rotatable bonds is 0. The molecule has 0 spiro atoms. The molecule has 0 bridgehead atoms. The first kappa shape index (κ1) is 74.6. The molecule has 0 saturated heterocycles. The molecule has 0 fully saturated rings. The lowest BCUT2D eigenvalue weighted by Crippen LogP contribution is -1.81. The van der Waals surface area contributed by atoms with Crippen molar-refractivity contribution in [2.24, 2.45) is 0 Å². The molecule has 7 nitrogen and oxygen atoms in total. The predicted octanol–water partition coefficient (Wildman–Crippen LogP) is -4.91. The molecular weight excluding hydrogens is 173 g/mol. The molecule has 0 aromatic rings. The number of carbonyl (C=O) groups is 1. The largest absolute Gasteiger partial charge is 0.503 e. The van der Waals surface area contributed by atoms with Crippen molar-refractivity contribution in [2.45, 2.75) is 0 Å². The van der Waals surface area contributed by atoms with Crippen LogP contribution in [0.25, 0.3) is 0 Å². The topological polar surface area (TPSA) is 184 Å². The first-order valence-corrected chi connectivity index (χ1v) is 0.651. The van der Waals surface area contributed by atoms with Crippen LogP contribution in [0.15, 0.2) is 0 Å². The van der Waals surface area contributed by atoms with Crippen LogP contribution < -0.4 is 0 Å². The van der Waals surface area contributed by atoms with Gasteiger partial charge in [-0.25, -0.2) is 4.79 Å². The fourth-order valence-corrected chi connectivity index (χ4v) is 0. The second-order valence-corrected chi connectivity index (χ2v) is 0.283. The summed E-state index contributed by atoms with van der Waals surface area (Å²) in [5.41, 5.74) is 0. The smallest absolute Gasteiger partial charge is 0.450 e. The zero-order chi connectivity index (χ0) is 3.58. The van der Waals surface area contributed by atoms with Crippen LogP contribution in [-0.2, 0) is 0 Å². The summed E-state index contributed by atoms with van der Waals surface area (Å²) in [6, 6.07) is 0. The van der Waals surface area contributed by atoms with Gasteiger partial charge in [0.1, 0.15) is 0 Å². The first-order valence-electron chi connectivity index (χ1n) is 0.651. The van der Waals surface area contributed by atoms with Gasteiger partial charge >= 0.3 is 52.3 Å². The molecule has 9 heteroatoms. The molecule has 0 unspecified atom stereocenters. The van der Waals surface area contributed by atoms with Gasteiger partial charge < -0.3 is 32.1 Å². The summed E-state index contributed by atoms with van der Waals surface area (Å²) in [5, 5.41) is 13.9. The molecule has 0 aromatic heterocycles. The quantitative estimate of drug-likeness (QED) is 0.360. The van der Waals surface area contributed by atoms with Gasteiger partial charge in [0, 0.05) is 0 Å². The highest BCUT2D eigenvalue weighted by molar-refractivity contribution is 5.76. The summed E-state index contributed by atoms with van der Waals surface area (Å²) >= 11 is 0. The fourth-order valence-electron chi connectivity index (χ4n) is 0. The van der Waals surface area contributed by atoms with Crippen molar-refractivity contribution in [1.29, 1.82) is 0 Å². The van der Waals surface area contributed by atoms with Crippen molar-refractivity contribution in [2.75, 3.05) is 0 Å². The van der Waals surface area contributed by atoms with E-state index in [4.69, 9.17) is 15.0 Å². The molecule has 0 atom stereocenters. The summed E-state index contributed by atoms with van der Waals surface area (Å²) in [7, 11) is 0. The second kappa shape index (κ2) is 54.3. The van der Waals surface area contributed by atoms with E-state index in [2.05, 4.69) is 0 Å². The minimum absolute atomic E-state index is 0. The maximum atomic E-state index is 8.56. The van der Waals surface area contributed by atoms with E-state index in [1.807, 2.05) is 0 Å². The van der Waals surface area contributed by atoms with Gasteiger partial charge in [-0.15, -0.1) is 0 Å². The Balaban J connectivity index is -0.00000000300. The molecule has 64 valence electrons. The lowest BCUT2D eigenvalue weighted by molar-refractivity contribution is 0.137. The van der Waals surface area contributed by atoms with Gasteiger partial charge in [-0.3, -0.25) is 0 Å². The van der Waals surface area contributed by atoms with E-state index in [0.29, 0.717) is 0 Å². The maximum absolute atomic E-state index is 8.56. The monoisotopic (exact) mass is 186 g/mol. The SMILES string of the molecule is O.O.O.O.O=C(O)O.[MgH2].[MgH2]. The van der Waals surface area contributed by atoms with Crippen LogP contribution >= 0.6 is 0 Å². The van der Waals surface area contributed by atoms with Gasteiger partial charge in [0.15, 0.2) is 0 Å². The molecule has 0 aromatic carbocycles. The van der Waals surface area contributed by atoms with Gasteiger partial charge in [0.2, 0.25) is 0 Å². The average Bonchev–Trinajstić information content (AvgIpc) is 0.811. The number of hydrogen-bond donors (Lipinski definition) is 2. The van der Waals surface area contributed by atoms with E-state index in [-0.39, 0.29) is 68.0 Å². The van der Waals surface area contributed by atoms with Gasteiger partial charge in [-0.05, 0) is 0 Å². The lowest BCUT2D eigenvalue weighted by atomic mass is 11.5. The highest BCUT2D eigenvalue weighted by atomic mass is 24.3. The van der Waals surface area contributed by atoms with Gasteiger partial charge in [-0.2, -0.15) is 0 Å². The van der Waals surface area contributed by atoms with E-state index in [0.717, 1.165) is 0 Å². The minimum Gasteiger partial charge on any atom is -0.450 e. The Morgan fingerprint density at radius 3 is 0.800 bits per heavy atom. The number of hydrogen-bond acceptors (Lipinski definition) is 1. The van der Waals surface area contributed by atoms with Crippen molar-refractivity contribution < 1.29 is 36.9 Å². The minimum atomic E-state index is -1.83. The molecular formula is CH14Mg2O7. The van der Waals surface area contributed by atoms with Gasteiger partial charge in [0.05, 0.1) is 0 Å².